The van der Waals surface area contributed by atoms with Crippen molar-refractivity contribution in [3.63, 3.8) is 0 Å². The molecule has 1 atom stereocenters. The average molecular weight is 701 g/mol. The number of benzene rings is 2. The van der Waals surface area contributed by atoms with Crippen molar-refractivity contribution in [1.29, 1.82) is 0 Å². The fourth-order valence-corrected chi connectivity index (χ4v) is 22.6. The molecule has 1 heterocycles. The Labute approximate surface area is 293 Å². The average Bonchev–Trinajstić information content (AvgIpc) is 3.07. The Balaban J connectivity index is 2.08. The van der Waals surface area contributed by atoms with Crippen LogP contribution in [-0.2, 0) is 14.3 Å². The first-order valence-corrected chi connectivity index (χ1v) is 23.6. The van der Waals surface area contributed by atoms with E-state index >= 15 is 0 Å². The molecule has 48 heavy (non-hydrogen) atoms. The minimum absolute atomic E-state index is 0.284. The molecule has 270 valence electrons. The number of hydrogen-bond acceptors (Lipinski definition) is 5. The summed E-state index contributed by atoms with van der Waals surface area (Å²) in [5, 5.41) is 1.32. The maximum absolute atomic E-state index is 13.5. The van der Waals surface area contributed by atoms with E-state index in [1.165, 1.54) is 77.9 Å². The van der Waals surface area contributed by atoms with E-state index in [-0.39, 0.29) is 17.7 Å². The van der Waals surface area contributed by atoms with Crippen molar-refractivity contribution in [2.75, 3.05) is 26.6 Å². The summed E-state index contributed by atoms with van der Waals surface area (Å²) in [7, 11) is -0.0866. The molecule has 2 saturated carbocycles. The van der Waals surface area contributed by atoms with Gasteiger partial charge in [0.05, 0.1) is 0 Å². The van der Waals surface area contributed by atoms with Gasteiger partial charge in [-0.3, -0.25) is 0 Å². The molecule has 2 aromatic carbocycles. The molecule has 0 bridgehead atoms. The van der Waals surface area contributed by atoms with E-state index in [1.807, 2.05) is 14.2 Å². The summed E-state index contributed by atoms with van der Waals surface area (Å²) in [5.74, 6) is 2.43. The molecule has 0 N–H and O–H groups in total. The second-order valence-electron chi connectivity index (χ2n) is 16.3. The van der Waals surface area contributed by atoms with Crippen LogP contribution in [0.3, 0.4) is 0 Å². The summed E-state index contributed by atoms with van der Waals surface area (Å²) in [5.41, 5.74) is 7.33. The van der Waals surface area contributed by atoms with Crippen LogP contribution in [-0.4, -0.2) is 52.2 Å². The zero-order chi connectivity index (χ0) is 34.9. The van der Waals surface area contributed by atoms with E-state index in [0.29, 0.717) is 17.2 Å². The Kier molecular flexibility index (Phi) is 11.7. The Morgan fingerprint density at radius 1 is 0.646 bits per heavy atom. The first-order chi connectivity index (χ1) is 22.8. The van der Waals surface area contributed by atoms with Crippen LogP contribution in [0.4, 0.5) is 0 Å². The molecule has 5 rings (SSSR count). The third-order valence-electron chi connectivity index (χ3n) is 12.7. The van der Waals surface area contributed by atoms with Crippen molar-refractivity contribution >= 4 is 22.0 Å². The van der Waals surface area contributed by atoms with E-state index < -0.39 is 16.7 Å². The first kappa shape index (κ1) is 37.6. The Morgan fingerprint density at radius 2 is 1.12 bits per heavy atom. The van der Waals surface area contributed by atoms with Gasteiger partial charge in [-0.05, 0) is 0 Å². The summed E-state index contributed by atoms with van der Waals surface area (Å²) in [4.78, 5) is 0. The SMILES string of the molecule is COc1ccc(OC)c(P2(C3CCCCC3)(C3CCCCC3)CCCCC2OS(C)(=O)=O)c1-c1c(C(C)C)cc(C(C)C)cc1C(C)C. The summed E-state index contributed by atoms with van der Waals surface area (Å²) in [6.07, 6.45) is 17.0. The van der Waals surface area contributed by atoms with Gasteiger partial charge in [0.25, 0.3) is 0 Å². The summed E-state index contributed by atoms with van der Waals surface area (Å²) < 4.78 is 46.7. The molecule has 3 aliphatic rings. The summed E-state index contributed by atoms with van der Waals surface area (Å²) in [6.45, 7) is 10.5. The van der Waals surface area contributed by atoms with E-state index in [1.54, 1.807) is 0 Å². The number of hydrogen-bond donors (Lipinski definition) is 0. The normalized spacial score (nSPS) is 23.2. The molecule has 0 radical (unpaired) electrons. The van der Waals surface area contributed by atoms with Crippen molar-refractivity contribution in [3.8, 4) is 22.6 Å². The minimum atomic E-state index is -3.73. The predicted molar refractivity (Wildman–Crippen MR) is 206 cm³/mol. The van der Waals surface area contributed by atoms with Crippen LogP contribution in [0.2, 0.25) is 0 Å². The molecule has 2 aliphatic carbocycles. The van der Waals surface area contributed by atoms with Gasteiger partial charge in [-0.2, -0.15) is 0 Å². The first-order valence-electron chi connectivity index (χ1n) is 19.1. The number of rotatable bonds is 11. The molecule has 7 heteroatoms. The molecule has 0 amide bonds. The van der Waals surface area contributed by atoms with Crippen molar-refractivity contribution in [3.05, 3.63) is 41.0 Å². The third kappa shape index (κ3) is 6.50. The van der Waals surface area contributed by atoms with Crippen molar-refractivity contribution in [2.24, 2.45) is 0 Å². The molecule has 2 aromatic rings. The topological polar surface area (TPSA) is 61.8 Å². The van der Waals surface area contributed by atoms with Gasteiger partial charge in [0, 0.05) is 0 Å². The summed E-state index contributed by atoms with van der Waals surface area (Å²) in [6, 6.07) is 9.17. The van der Waals surface area contributed by atoms with Crippen LogP contribution in [0.1, 0.15) is 159 Å². The second-order valence-corrected chi connectivity index (χ2v) is 23.9. The van der Waals surface area contributed by atoms with E-state index in [9.17, 15) is 8.42 Å². The van der Waals surface area contributed by atoms with Gasteiger partial charge in [0.15, 0.2) is 0 Å². The van der Waals surface area contributed by atoms with Crippen LogP contribution in [0.5, 0.6) is 11.5 Å². The fourth-order valence-electron chi connectivity index (χ4n) is 10.6. The van der Waals surface area contributed by atoms with Crippen molar-refractivity contribution in [2.45, 2.75) is 160 Å². The summed E-state index contributed by atoms with van der Waals surface area (Å²) >= 11 is 0. The van der Waals surface area contributed by atoms with Crippen LogP contribution in [0.25, 0.3) is 11.1 Å². The van der Waals surface area contributed by atoms with Crippen LogP contribution in [0.15, 0.2) is 24.3 Å². The Morgan fingerprint density at radius 3 is 1.56 bits per heavy atom. The van der Waals surface area contributed by atoms with E-state index in [0.717, 1.165) is 62.6 Å². The van der Waals surface area contributed by atoms with Gasteiger partial charge in [-0.15, -0.1) is 0 Å². The molecule has 1 saturated heterocycles. The second kappa shape index (κ2) is 14.9. The van der Waals surface area contributed by atoms with Gasteiger partial charge < -0.3 is 0 Å². The van der Waals surface area contributed by atoms with E-state index in [4.69, 9.17) is 13.7 Å². The van der Waals surface area contributed by atoms with E-state index in [2.05, 4.69) is 65.8 Å². The van der Waals surface area contributed by atoms with Gasteiger partial charge in [0.1, 0.15) is 0 Å². The Bertz CT molecular complexity index is 1490. The van der Waals surface area contributed by atoms with Crippen molar-refractivity contribution < 1.29 is 22.1 Å². The number of ether oxygens (including phenoxy) is 2. The molecule has 0 aromatic heterocycles. The number of methoxy groups -OCH3 is 2. The van der Waals surface area contributed by atoms with Gasteiger partial charge in [0.2, 0.25) is 0 Å². The van der Waals surface area contributed by atoms with Gasteiger partial charge in [-0.1, -0.05) is 0 Å². The predicted octanol–water partition coefficient (Wildman–Crippen LogP) is 11.1. The molecule has 0 spiro atoms. The van der Waals surface area contributed by atoms with Gasteiger partial charge in [-0.25, -0.2) is 0 Å². The molecule has 1 aliphatic heterocycles. The van der Waals surface area contributed by atoms with Crippen LogP contribution >= 0.6 is 6.60 Å². The quantitative estimate of drug-likeness (QED) is 0.172. The zero-order valence-electron chi connectivity index (χ0n) is 31.6. The molecule has 1 unspecified atom stereocenters. The molecule has 3 fully saturated rings. The molecule has 5 nitrogen and oxygen atoms in total. The zero-order valence-corrected chi connectivity index (χ0v) is 33.3. The van der Waals surface area contributed by atoms with Crippen LogP contribution in [0, 0.1) is 0 Å². The van der Waals surface area contributed by atoms with Gasteiger partial charge >= 0.3 is 294 Å². The molecular weight excluding hydrogens is 635 g/mol. The molecular formula is C41H65O5PS. The fraction of sp³-hybridized carbons (Fsp3) is 0.707. The van der Waals surface area contributed by atoms with Crippen molar-refractivity contribution in [1.82, 2.24) is 0 Å². The standard InChI is InChI=1S/C41H65O5PS/c1-28(2)31-26-34(29(3)4)39(35(27-31)30(5)6)40-36(44-7)23-24-37(45-8)41(40)47(32-18-12-10-13-19-32,33-20-14-11-15-21-33)25-17-16-22-38(47)46-48(9,42)43/h23-24,26-30,32-33,38H,10-22,25H2,1-9H3. The van der Waals surface area contributed by atoms with Crippen LogP contribution < -0.4 is 14.8 Å². The monoisotopic (exact) mass is 700 g/mol. The Hall–Kier alpha value is -1.62. The maximum atomic E-state index is 13.5. The third-order valence-corrected chi connectivity index (χ3v) is 22.4.